The third-order valence-corrected chi connectivity index (χ3v) is 4.84. The number of rotatable bonds is 18. The first-order valence-electron chi connectivity index (χ1n) is 11.2. The van der Waals surface area contributed by atoms with E-state index < -0.39 is 0 Å². The van der Waals surface area contributed by atoms with Crippen LogP contribution in [0.5, 0.6) is 5.75 Å². The highest BCUT2D eigenvalue weighted by Crippen LogP contribution is 2.13. The van der Waals surface area contributed by atoms with Crippen LogP contribution in [-0.4, -0.2) is 19.2 Å². The second kappa shape index (κ2) is 17.9. The quantitative estimate of drug-likeness (QED) is 0.203. The van der Waals surface area contributed by atoms with Gasteiger partial charge in [0, 0.05) is 6.42 Å². The third kappa shape index (κ3) is 15.3. The predicted octanol–water partition coefficient (Wildman–Crippen LogP) is 7.09. The minimum Gasteiger partial charge on any atom is -0.490 e. The van der Waals surface area contributed by atoms with E-state index in [1.807, 2.05) is 30.3 Å². The van der Waals surface area contributed by atoms with Gasteiger partial charge in [0.25, 0.3) is 0 Å². The van der Waals surface area contributed by atoms with E-state index in [0.29, 0.717) is 19.6 Å². The van der Waals surface area contributed by atoms with Crippen molar-refractivity contribution in [3.8, 4) is 5.75 Å². The van der Waals surface area contributed by atoms with Crippen molar-refractivity contribution in [2.24, 2.45) is 0 Å². The molecule has 0 saturated heterocycles. The summed E-state index contributed by atoms with van der Waals surface area (Å²) in [5.74, 6) is 0.708. The van der Waals surface area contributed by atoms with Gasteiger partial charge in [-0.05, 0) is 18.6 Å². The molecule has 27 heavy (non-hydrogen) atoms. The lowest BCUT2D eigenvalue weighted by Crippen LogP contribution is -2.11. The largest absolute Gasteiger partial charge is 0.490 e. The summed E-state index contributed by atoms with van der Waals surface area (Å²) in [6, 6.07) is 9.60. The fourth-order valence-corrected chi connectivity index (χ4v) is 3.19. The minimum absolute atomic E-state index is 0.102. The van der Waals surface area contributed by atoms with Crippen molar-refractivity contribution < 1.29 is 14.3 Å². The molecule has 0 fully saturated rings. The Bertz CT molecular complexity index is 444. The molecule has 0 saturated carbocycles. The van der Waals surface area contributed by atoms with Gasteiger partial charge < -0.3 is 9.47 Å². The van der Waals surface area contributed by atoms with Crippen LogP contribution in [0.2, 0.25) is 0 Å². The number of hydrogen-bond donors (Lipinski definition) is 0. The molecule has 0 radical (unpaired) electrons. The van der Waals surface area contributed by atoms with E-state index in [2.05, 4.69) is 6.92 Å². The van der Waals surface area contributed by atoms with Crippen molar-refractivity contribution in [2.45, 2.75) is 96.8 Å². The lowest BCUT2D eigenvalue weighted by atomic mass is 10.0. The molecule has 3 heteroatoms. The number of ether oxygens (including phenoxy) is 2. The molecule has 0 atom stereocenters. The summed E-state index contributed by atoms with van der Waals surface area (Å²) in [7, 11) is 0. The summed E-state index contributed by atoms with van der Waals surface area (Å²) >= 11 is 0. The summed E-state index contributed by atoms with van der Waals surface area (Å²) in [6.07, 6.45) is 17.6. The van der Waals surface area contributed by atoms with Crippen LogP contribution in [-0.2, 0) is 9.53 Å². The first-order chi connectivity index (χ1) is 13.3. The summed E-state index contributed by atoms with van der Waals surface area (Å²) in [5.41, 5.74) is 0. The zero-order valence-corrected chi connectivity index (χ0v) is 17.4. The van der Waals surface area contributed by atoms with Crippen LogP contribution in [0.3, 0.4) is 0 Å². The smallest absolute Gasteiger partial charge is 0.305 e. The standard InChI is InChI=1S/C24H40O3/c1-2-3-4-5-6-7-8-9-10-11-12-13-17-20-24(25)27-22-21-26-23-18-15-14-16-19-23/h14-16,18-19H,2-13,17,20-22H2,1H3. The van der Waals surface area contributed by atoms with Crippen LogP contribution in [0.25, 0.3) is 0 Å². The van der Waals surface area contributed by atoms with Crippen LogP contribution < -0.4 is 4.74 Å². The van der Waals surface area contributed by atoms with E-state index >= 15 is 0 Å². The Labute approximate surface area is 166 Å². The van der Waals surface area contributed by atoms with Gasteiger partial charge in [-0.2, -0.15) is 0 Å². The van der Waals surface area contributed by atoms with Crippen LogP contribution in [0.15, 0.2) is 30.3 Å². The lowest BCUT2D eigenvalue weighted by Gasteiger charge is -2.07. The van der Waals surface area contributed by atoms with Crippen molar-refractivity contribution in [1.82, 2.24) is 0 Å². The highest BCUT2D eigenvalue weighted by molar-refractivity contribution is 5.69. The highest BCUT2D eigenvalue weighted by Gasteiger charge is 2.03. The van der Waals surface area contributed by atoms with Gasteiger partial charge in [-0.3, -0.25) is 4.79 Å². The fourth-order valence-electron chi connectivity index (χ4n) is 3.19. The zero-order valence-electron chi connectivity index (χ0n) is 17.4. The van der Waals surface area contributed by atoms with Crippen molar-refractivity contribution >= 4 is 5.97 Å². The molecular formula is C24H40O3. The Morgan fingerprint density at radius 2 is 1.22 bits per heavy atom. The minimum atomic E-state index is -0.102. The molecule has 0 aliphatic carbocycles. The molecule has 0 amide bonds. The first-order valence-corrected chi connectivity index (χ1v) is 11.2. The van der Waals surface area contributed by atoms with E-state index in [-0.39, 0.29) is 5.97 Å². The molecule has 0 aromatic heterocycles. The second-order valence-corrected chi connectivity index (χ2v) is 7.37. The Hall–Kier alpha value is -1.51. The number of carbonyl (C=O) groups is 1. The number of esters is 1. The normalized spacial score (nSPS) is 10.7. The number of benzene rings is 1. The molecule has 0 aliphatic rings. The molecular weight excluding hydrogens is 336 g/mol. The Balaban J connectivity index is 1.78. The van der Waals surface area contributed by atoms with E-state index in [1.54, 1.807) is 0 Å². The summed E-state index contributed by atoms with van der Waals surface area (Å²) < 4.78 is 10.7. The number of unbranched alkanes of at least 4 members (excludes halogenated alkanes) is 12. The van der Waals surface area contributed by atoms with Crippen LogP contribution in [0.4, 0.5) is 0 Å². The van der Waals surface area contributed by atoms with Crippen molar-refractivity contribution in [3.63, 3.8) is 0 Å². The Morgan fingerprint density at radius 1 is 0.704 bits per heavy atom. The van der Waals surface area contributed by atoms with E-state index in [4.69, 9.17) is 9.47 Å². The molecule has 1 aromatic rings. The van der Waals surface area contributed by atoms with Gasteiger partial charge in [-0.25, -0.2) is 0 Å². The van der Waals surface area contributed by atoms with Crippen LogP contribution in [0, 0.1) is 0 Å². The SMILES string of the molecule is CCCCCCCCCCCCCCCC(=O)OCCOc1ccccc1. The van der Waals surface area contributed by atoms with Crippen molar-refractivity contribution in [1.29, 1.82) is 0 Å². The molecule has 0 N–H and O–H groups in total. The maximum Gasteiger partial charge on any atom is 0.305 e. The highest BCUT2D eigenvalue weighted by atomic mass is 16.6. The molecule has 3 nitrogen and oxygen atoms in total. The maximum atomic E-state index is 11.7. The first kappa shape index (κ1) is 23.5. The van der Waals surface area contributed by atoms with E-state index in [0.717, 1.165) is 18.6 Å². The number of para-hydroxylation sites is 1. The van der Waals surface area contributed by atoms with E-state index in [9.17, 15) is 4.79 Å². The van der Waals surface area contributed by atoms with E-state index in [1.165, 1.54) is 70.6 Å². The monoisotopic (exact) mass is 376 g/mol. The zero-order chi connectivity index (χ0) is 19.4. The molecule has 1 rings (SSSR count). The Morgan fingerprint density at radius 3 is 1.78 bits per heavy atom. The van der Waals surface area contributed by atoms with Crippen LogP contribution >= 0.6 is 0 Å². The topological polar surface area (TPSA) is 35.5 Å². The molecule has 0 heterocycles. The van der Waals surface area contributed by atoms with Gasteiger partial charge in [0.2, 0.25) is 0 Å². The number of hydrogen-bond acceptors (Lipinski definition) is 3. The molecule has 0 aliphatic heterocycles. The van der Waals surface area contributed by atoms with Gasteiger partial charge in [-0.1, -0.05) is 102 Å². The van der Waals surface area contributed by atoms with Gasteiger partial charge >= 0.3 is 5.97 Å². The summed E-state index contributed by atoms with van der Waals surface area (Å²) in [5, 5.41) is 0. The molecule has 1 aromatic carbocycles. The van der Waals surface area contributed by atoms with Gasteiger partial charge in [-0.15, -0.1) is 0 Å². The fraction of sp³-hybridized carbons (Fsp3) is 0.708. The molecule has 0 unspecified atom stereocenters. The maximum absolute atomic E-state index is 11.7. The lowest BCUT2D eigenvalue weighted by molar-refractivity contribution is -0.144. The summed E-state index contributed by atoms with van der Waals surface area (Å²) in [6.45, 7) is 3.01. The third-order valence-electron chi connectivity index (χ3n) is 4.84. The molecule has 0 spiro atoms. The second-order valence-electron chi connectivity index (χ2n) is 7.37. The molecule has 154 valence electrons. The van der Waals surface area contributed by atoms with Gasteiger partial charge in [0.1, 0.15) is 19.0 Å². The Kier molecular flexibility index (Phi) is 15.6. The average molecular weight is 377 g/mol. The van der Waals surface area contributed by atoms with Gasteiger partial charge in [0.15, 0.2) is 0 Å². The number of carbonyl (C=O) groups excluding carboxylic acids is 1. The predicted molar refractivity (Wildman–Crippen MR) is 113 cm³/mol. The average Bonchev–Trinajstić information content (AvgIpc) is 2.69. The van der Waals surface area contributed by atoms with Crippen molar-refractivity contribution in [2.75, 3.05) is 13.2 Å². The van der Waals surface area contributed by atoms with Gasteiger partial charge in [0.05, 0.1) is 0 Å². The van der Waals surface area contributed by atoms with Crippen LogP contribution in [0.1, 0.15) is 96.8 Å². The molecule has 0 bridgehead atoms. The summed E-state index contributed by atoms with van der Waals surface area (Å²) in [4.78, 5) is 11.7. The van der Waals surface area contributed by atoms with Crippen molar-refractivity contribution in [3.05, 3.63) is 30.3 Å².